The summed E-state index contributed by atoms with van der Waals surface area (Å²) >= 11 is 3.52. The molecule has 96 valence electrons. The molecule has 0 radical (unpaired) electrons. The topological polar surface area (TPSA) is 29.5 Å². The monoisotopic (exact) mass is 300 g/mol. The van der Waals surface area contributed by atoms with Crippen LogP contribution in [0, 0.1) is 5.41 Å². The van der Waals surface area contributed by atoms with E-state index in [2.05, 4.69) is 36.7 Å². The van der Waals surface area contributed by atoms with E-state index in [4.69, 9.17) is 4.74 Å². The summed E-state index contributed by atoms with van der Waals surface area (Å²) in [6.07, 6.45) is 1.31. The van der Waals surface area contributed by atoms with Crippen molar-refractivity contribution in [3.05, 3.63) is 28.2 Å². The molecule has 1 aromatic rings. The van der Waals surface area contributed by atoms with Crippen molar-refractivity contribution in [2.24, 2.45) is 5.41 Å². The molecule has 1 aromatic carbocycles. The molecule has 0 bridgehead atoms. The van der Waals surface area contributed by atoms with Crippen LogP contribution in [0.25, 0.3) is 0 Å². The average Bonchev–Trinajstić information content (AvgIpc) is 2.26. The van der Waals surface area contributed by atoms with E-state index in [1.165, 1.54) is 5.56 Å². The fourth-order valence-corrected chi connectivity index (χ4v) is 2.04. The minimum Gasteiger partial charge on any atom is -0.497 e. The fraction of sp³-hybridized carbons (Fsp3) is 0.571. The highest BCUT2D eigenvalue weighted by Gasteiger charge is 2.21. The highest BCUT2D eigenvalue weighted by molar-refractivity contribution is 9.10. The van der Waals surface area contributed by atoms with E-state index in [1.54, 1.807) is 7.11 Å². The molecule has 17 heavy (non-hydrogen) atoms. The van der Waals surface area contributed by atoms with Gasteiger partial charge in [-0.25, -0.2) is 0 Å². The molecule has 1 N–H and O–H groups in total. The van der Waals surface area contributed by atoms with E-state index in [-0.39, 0.29) is 11.5 Å². The van der Waals surface area contributed by atoms with Gasteiger partial charge in [-0.05, 0) is 42.0 Å². The van der Waals surface area contributed by atoms with Crippen LogP contribution in [0.4, 0.5) is 0 Å². The maximum absolute atomic E-state index is 10.0. The summed E-state index contributed by atoms with van der Waals surface area (Å²) in [5.41, 5.74) is 1.11. The molecule has 0 aliphatic heterocycles. The lowest BCUT2D eigenvalue weighted by Crippen LogP contribution is -2.26. The third-order valence-corrected chi connectivity index (χ3v) is 3.71. The molecule has 0 amide bonds. The van der Waals surface area contributed by atoms with Crippen LogP contribution in [-0.4, -0.2) is 18.3 Å². The van der Waals surface area contributed by atoms with Crippen LogP contribution in [0.2, 0.25) is 0 Å². The molecule has 3 heteroatoms. The van der Waals surface area contributed by atoms with Crippen LogP contribution in [0.15, 0.2) is 22.7 Å². The van der Waals surface area contributed by atoms with E-state index < -0.39 is 0 Å². The molecule has 1 rings (SSSR count). The van der Waals surface area contributed by atoms with E-state index in [0.29, 0.717) is 0 Å². The Kier molecular flexibility index (Phi) is 5.02. The number of hydrogen-bond acceptors (Lipinski definition) is 2. The van der Waals surface area contributed by atoms with Gasteiger partial charge in [-0.2, -0.15) is 0 Å². The first-order valence-corrected chi connectivity index (χ1v) is 6.64. The van der Waals surface area contributed by atoms with Gasteiger partial charge in [-0.1, -0.05) is 36.7 Å². The smallest absolute Gasteiger partial charge is 0.119 e. The molecule has 0 saturated carbocycles. The molecular formula is C14H21BrO2. The first-order valence-electron chi connectivity index (χ1n) is 5.85. The molecule has 0 spiro atoms. The number of aryl methyl sites for hydroxylation is 1. The standard InChI is InChI=1S/C14H21BrO2/c1-14(2,3)13(16)8-5-10-9-11(17-4)6-7-12(10)15/h6-7,9,13,16H,5,8H2,1-4H3. The number of aliphatic hydroxyl groups is 1. The van der Waals surface area contributed by atoms with E-state index >= 15 is 0 Å². The lowest BCUT2D eigenvalue weighted by molar-refractivity contribution is 0.0559. The van der Waals surface area contributed by atoms with Crippen LogP contribution in [0.1, 0.15) is 32.8 Å². The van der Waals surface area contributed by atoms with Crippen molar-refractivity contribution in [1.29, 1.82) is 0 Å². The van der Waals surface area contributed by atoms with Gasteiger partial charge >= 0.3 is 0 Å². The van der Waals surface area contributed by atoms with Crippen molar-refractivity contribution in [3.63, 3.8) is 0 Å². The largest absolute Gasteiger partial charge is 0.497 e. The van der Waals surface area contributed by atoms with Gasteiger partial charge in [0.2, 0.25) is 0 Å². The van der Waals surface area contributed by atoms with Gasteiger partial charge in [0.05, 0.1) is 13.2 Å². The zero-order chi connectivity index (χ0) is 13.1. The maximum atomic E-state index is 10.0. The van der Waals surface area contributed by atoms with Crippen LogP contribution in [0.3, 0.4) is 0 Å². The third kappa shape index (κ3) is 4.32. The van der Waals surface area contributed by atoms with Crippen LogP contribution < -0.4 is 4.74 Å². The Labute approximate surface area is 112 Å². The molecule has 2 nitrogen and oxygen atoms in total. The zero-order valence-electron chi connectivity index (χ0n) is 11.0. The predicted molar refractivity (Wildman–Crippen MR) is 74.5 cm³/mol. The third-order valence-electron chi connectivity index (χ3n) is 2.94. The number of rotatable bonds is 4. The molecule has 1 unspecified atom stereocenters. The molecule has 0 aromatic heterocycles. The van der Waals surface area contributed by atoms with Crippen molar-refractivity contribution in [2.75, 3.05) is 7.11 Å². The minimum atomic E-state index is -0.291. The average molecular weight is 301 g/mol. The molecular weight excluding hydrogens is 280 g/mol. The molecule has 0 fully saturated rings. The van der Waals surface area contributed by atoms with E-state index in [1.807, 2.05) is 18.2 Å². The summed E-state index contributed by atoms with van der Waals surface area (Å²) < 4.78 is 6.27. The van der Waals surface area contributed by atoms with Crippen molar-refractivity contribution < 1.29 is 9.84 Å². The summed E-state index contributed by atoms with van der Waals surface area (Å²) in [4.78, 5) is 0. The highest BCUT2D eigenvalue weighted by atomic mass is 79.9. The Bertz CT molecular complexity index is 369. The van der Waals surface area contributed by atoms with Gasteiger partial charge in [0, 0.05) is 4.47 Å². The van der Waals surface area contributed by atoms with E-state index in [9.17, 15) is 5.11 Å². The number of halogens is 1. The maximum Gasteiger partial charge on any atom is 0.119 e. The van der Waals surface area contributed by atoms with Gasteiger partial charge in [0.15, 0.2) is 0 Å². The van der Waals surface area contributed by atoms with Gasteiger partial charge in [0.1, 0.15) is 5.75 Å². The molecule has 0 heterocycles. The van der Waals surface area contributed by atoms with Crippen molar-refractivity contribution >= 4 is 15.9 Å². The normalized spacial score (nSPS) is 13.5. The highest BCUT2D eigenvalue weighted by Crippen LogP contribution is 2.27. The number of aliphatic hydroxyl groups excluding tert-OH is 1. The first-order chi connectivity index (χ1) is 7.84. The second kappa shape index (κ2) is 5.87. The fourth-order valence-electron chi connectivity index (χ4n) is 1.59. The lowest BCUT2D eigenvalue weighted by Gasteiger charge is -2.25. The lowest BCUT2D eigenvalue weighted by atomic mass is 9.86. The van der Waals surface area contributed by atoms with Crippen LogP contribution in [0.5, 0.6) is 5.75 Å². The zero-order valence-corrected chi connectivity index (χ0v) is 12.5. The molecule has 0 saturated heterocycles. The summed E-state index contributed by atoms with van der Waals surface area (Å²) in [5.74, 6) is 0.855. The quantitative estimate of drug-likeness (QED) is 0.916. The summed E-state index contributed by atoms with van der Waals surface area (Å²) in [6.45, 7) is 6.16. The molecule has 1 atom stereocenters. The van der Waals surface area contributed by atoms with Crippen molar-refractivity contribution in [1.82, 2.24) is 0 Å². The van der Waals surface area contributed by atoms with Crippen molar-refractivity contribution in [3.8, 4) is 5.75 Å². The van der Waals surface area contributed by atoms with Gasteiger partial charge < -0.3 is 9.84 Å². The number of hydrogen-bond donors (Lipinski definition) is 1. The second-order valence-electron chi connectivity index (χ2n) is 5.38. The van der Waals surface area contributed by atoms with Crippen molar-refractivity contribution in [2.45, 2.75) is 39.7 Å². The summed E-state index contributed by atoms with van der Waals surface area (Å²) in [5, 5.41) is 10.0. The number of benzene rings is 1. The second-order valence-corrected chi connectivity index (χ2v) is 6.23. The first kappa shape index (κ1) is 14.5. The number of methoxy groups -OCH3 is 1. The Morgan fingerprint density at radius 2 is 2.00 bits per heavy atom. The van der Waals surface area contributed by atoms with Crippen LogP contribution >= 0.6 is 15.9 Å². The SMILES string of the molecule is COc1ccc(Br)c(CCC(O)C(C)(C)C)c1. The van der Waals surface area contributed by atoms with E-state index in [0.717, 1.165) is 23.1 Å². The Morgan fingerprint density at radius 3 is 2.53 bits per heavy atom. The van der Waals surface area contributed by atoms with Crippen LogP contribution in [-0.2, 0) is 6.42 Å². The predicted octanol–water partition coefficient (Wildman–Crippen LogP) is 3.80. The minimum absolute atomic E-state index is 0.0641. The van der Waals surface area contributed by atoms with Gasteiger partial charge in [-0.15, -0.1) is 0 Å². The Balaban J connectivity index is 2.69. The van der Waals surface area contributed by atoms with Gasteiger partial charge in [0.25, 0.3) is 0 Å². The number of ether oxygens (including phenoxy) is 1. The molecule has 0 aliphatic rings. The Morgan fingerprint density at radius 1 is 1.35 bits per heavy atom. The van der Waals surface area contributed by atoms with Gasteiger partial charge in [-0.3, -0.25) is 0 Å². The summed E-state index contributed by atoms with van der Waals surface area (Å²) in [6, 6.07) is 5.92. The summed E-state index contributed by atoms with van der Waals surface area (Å²) in [7, 11) is 1.66. The Hall–Kier alpha value is -0.540. The molecule has 0 aliphatic carbocycles.